The van der Waals surface area contributed by atoms with E-state index in [-0.39, 0.29) is 5.41 Å². The first kappa shape index (κ1) is 36.0. The second-order valence-electron chi connectivity index (χ2n) is 16.4. The molecule has 6 aromatic carbocycles. The maximum atomic E-state index is 4.74. The Balaban J connectivity index is 1.10. The van der Waals surface area contributed by atoms with Gasteiger partial charge in [-0.05, 0) is 151 Å². The third-order valence-corrected chi connectivity index (χ3v) is 13.1. The lowest BCUT2D eigenvalue weighted by Crippen LogP contribution is -2.31. The normalized spacial score (nSPS) is 17.9. The molecule has 8 aromatic rings. The monoisotopic (exact) mass is 768 g/mol. The number of allylic oxidation sites excluding steroid dienone is 8. The molecule has 1 unspecified atom stereocenters. The molecule has 0 fully saturated rings. The van der Waals surface area contributed by atoms with Crippen LogP contribution in [-0.4, -0.2) is 9.97 Å². The Kier molecular flexibility index (Phi) is 8.74. The van der Waals surface area contributed by atoms with Gasteiger partial charge in [-0.2, -0.15) is 0 Å². The molecule has 0 aliphatic heterocycles. The number of benzene rings is 6. The summed E-state index contributed by atoms with van der Waals surface area (Å²) < 4.78 is 0. The lowest BCUT2D eigenvalue weighted by atomic mass is 9.64. The SMILES string of the molecule is C=c1cccc/c1=c1\cc2c(c\c1=C(\C)c1cccc(-c3ccc(-c4cc5cccnc5c5ncccc45)cc3)c1)-c1ccccc1C2(C1=CCCC=C1)C1=CC=CCC1. The van der Waals surface area contributed by atoms with Crippen LogP contribution in [0.15, 0.2) is 200 Å². The minimum Gasteiger partial charge on any atom is -0.254 e. The molecule has 2 heteroatoms. The van der Waals surface area contributed by atoms with E-state index in [2.05, 4.69) is 182 Å². The Morgan fingerprint density at radius 2 is 1.42 bits per heavy atom. The van der Waals surface area contributed by atoms with Gasteiger partial charge < -0.3 is 0 Å². The van der Waals surface area contributed by atoms with Crippen molar-refractivity contribution in [2.24, 2.45) is 0 Å². The van der Waals surface area contributed by atoms with Crippen LogP contribution in [0.3, 0.4) is 0 Å². The Morgan fingerprint density at radius 3 is 2.25 bits per heavy atom. The summed E-state index contributed by atoms with van der Waals surface area (Å²) in [4.78, 5) is 9.41. The van der Waals surface area contributed by atoms with Crippen molar-refractivity contribution in [2.45, 2.75) is 38.0 Å². The van der Waals surface area contributed by atoms with Crippen molar-refractivity contribution in [3.05, 3.63) is 237 Å². The first-order valence-corrected chi connectivity index (χ1v) is 21.2. The number of nitrogens with zero attached hydrogens (tertiary/aromatic N) is 2. The van der Waals surface area contributed by atoms with Crippen LogP contribution in [0.4, 0.5) is 0 Å². The van der Waals surface area contributed by atoms with Gasteiger partial charge in [0.05, 0.1) is 16.4 Å². The summed E-state index contributed by atoms with van der Waals surface area (Å²) in [6, 6.07) is 51.4. The van der Waals surface area contributed by atoms with Crippen LogP contribution in [0.2, 0.25) is 0 Å². The number of hydrogen-bond donors (Lipinski definition) is 0. The van der Waals surface area contributed by atoms with Gasteiger partial charge in [0.15, 0.2) is 0 Å². The third-order valence-electron chi connectivity index (χ3n) is 13.1. The summed E-state index contributed by atoms with van der Waals surface area (Å²) in [7, 11) is 0. The zero-order chi connectivity index (χ0) is 40.2. The quantitative estimate of drug-likeness (QED) is 0.163. The van der Waals surface area contributed by atoms with E-state index in [9.17, 15) is 0 Å². The largest absolute Gasteiger partial charge is 0.254 e. The minimum atomic E-state index is -0.358. The average molecular weight is 769 g/mol. The Hall–Kier alpha value is -7.16. The zero-order valence-electron chi connectivity index (χ0n) is 33.8. The zero-order valence-corrected chi connectivity index (χ0v) is 33.8. The van der Waals surface area contributed by atoms with E-state index < -0.39 is 0 Å². The number of pyridine rings is 2. The lowest BCUT2D eigenvalue weighted by Gasteiger charge is -2.38. The molecule has 0 saturated heterocycles. The minimum absolute atomic E-state index is 0.358. The van der Waals surface area contributed by atoms with Crippen molar-refractivity contribution >= 4 is 34.0 Å². The molecular formula is C58H44N2. The second-order valence-corrected chi connectivity index (χ2v) is 16.4. The molecule has 2 nitrogen and oxygen atoms in total. The van der Waals surface area contributed by atoms with Crippen LogP contribution in [0.5, 0.6) is 0 Å². The average Bonchev–Trinajstić information content (AvgIpc) is 3.61. The molecule has 11 rings (SSSR count). The highest BCUT2D eigenvalue weighted by molar-refractivity contribution is 6.10. The van der Waals surface area contributed by atoms with E-state index in [0.717, 1.165) is 63.8 Å². The van der Waals surface area contributed by atoms with E-state index in [0.29, 0.717) is 0 Å². The van der Waals surface area contributed by atoms with Gasteiger partial charge in [0.2, 0.25) is 0 Å². The van der Waals surface area contributed by atoms with Gasteiger partial charge in [0.1, 0.15) is 0 Å². The topological polar surface area (TPSA) is 25.8 Å². The van der Waals surface area contributed by atoms with Gasteiger partial charge in [-0.3, -0.25) is 9.97 Å². The highest BCUT2D eigenvalue weighted by Crippen LogP contribution is 2.58. The van der Waals surface area contributed by atoms with Crippen LogP contribution >= 0.6 is 0 Å². The molecule has 0 bridgehead atoms. The maximum Gasteiger partial charge on any atom is 0.0970 e. The number of rotatable bonds is 5. The molecule has 2 heterocycles. The fraction of sp³-hybridized carbons (Fsp3) is 0.103. The number of fused-ring (bicyclic) bond motifs is 6. The van der Waals surface area contributed by atoms with Crippen molar-refractivity contribution in [3.63, 3.8) is 0 Å². The van der Waals surface area contributed by atoms with Crippen molar-refractivity contribution in [3.8, 4) is 33.4 Å². The number of aromatic nitrogens is 2. The molecule has 0 saturated carbocycles. The van der Waals surface area contributed by atoms with Crippen LogP contribution in [-0.2, 0) is 5.41 Å². The summed E-state index contributed by atoms with van der Waals surface area (Å²) in [5, 5.41) is 6.86. The lowest BCUT2D eigenvalue weighted by molar-refractivity contribution is 0.682. The van der Waals surface area contributed by atoms with Gasteiger partial charge in [-0.1, -0.05) is 152 Å². The van der Waals surface area contributed by atoms with Gasteiger partial charge >= 0.3 is 0 Å². The summed E-state index contributed by atoms with van der Waals surface area (Å²) in [6.45, 7) is 6.87. The van der Waals surface area contributed by atoms with Gasteiger partial charge in [0, 0.05) is 23.2 Å². The molecule has 60 heavy (non-hydrogen) atoms. The highest BCUT2D eigenvalue weighted by Gasteiger charge is 2.48. The van der Waals surface area contributed by atoms with Crippen LogP contribution < -0.4 is 10.4 Å². The molecule has 0 N–H and O–H groups in total. The molecule has 2 aromatic heterocycles. The Bertz CT molecular complexity index is 3400. The van der Waals surface area contributed by atoms with Gasteiger partial charge in [-0.15, -0.1) is 0 Å². The first-order chi connectivity index (χ1) is 29.6. The van der Waals surface area contributed by atoms with Crippen molar-refractivity contribution in [1.82, 2.24) is 9.97 Å². The predicted molar refractivity (Wildman–Crippen MR) is 251 cm³/mol. The second kappa shape index (κ2) is 14.6. The smallest absolute Gasteiger partial charge is 0.0970 e. The Morgan fingerprint density at radius 1 is 0.600 bits per heavy atom. The van der Waals surface area contributed by atoms with E-state index in [1.54, 1.807) is 0 Å². The molecule has 286 valence electrons. The molecular weight excluding hydrogens is 725 g/mol. The van der Waals surface area contributed by atoms with Crippen molar-refractivity contribution in [1.29, 1.82) is 0 Å². The molecule has 0 spiro atoms. The van der Waals surface area contributed by atoms with E-state index in [4.69, 9.17) is 4.98 Å². The molecule has 1 atom stereocenters. The van der Waals surface area contributed by atoms with Crippen molar-refractivity contribution < 1.29 is 0 Å². The maximum absolute atomic E-state index is 4.74. The fourth-order valence-corrected chi connectivity index (χ4v) is 10.2. The van der Waals surface area contributed by atoms with E-state index in [1.807, 2.05) is 24.5 Å². The van der Waals surface area contributed by atoms with Crippen LogP contribution in [0, 0.1) is 10.4 Å². The molecule has 0 radical (unpaired) electrons. The van der Waals surface area contributed by atoms with Gasteiger partial charge in [-0.25, -0.2) is 0 Å². The summed E-state index contributed by atoms with van der Waals surface area (Å²) in [5.74, 6) is 0. The fourth-order valence-electron chi connectivity index (χ4n) is 10.2. The summed E-state index contributed by atoms with van der Waals surface area (Å²) >= 11 is 0. The molecule has 3 aliphatic carbocycles. The van der Waals surface area contributed by atoms with Crippen LogP contribution in [0.25, 0.3) is 67.3 Å². The summed E-state index contributed by atoms with van der Waals surface area (Å²) in [6.07, 6.45) is 22.2. The molecule has 0 amide bonds. The Labute approximate surface area is 351 Å². The van der Waals surface area contributed by atoms with E-state index >= 15 is 0 Å². The highest BCUT2D eigenvalue weighted by atomic mass is 14.7. The predicted octanol–water partition coefficient (Wildman–Crippen LogP) is 12.9. The third kappa shape index (κ3) is 5.70. The van der Waals surface area contributed by atoms with Crippen molar-refractivity contribution in [2.75, 3.05) is 0 Å². The van der Waals surface area contributed by atoms with Gasteiger partial charge in [0.25, 0.3) is 0 Å². The standard InChI is InChI=1S/C58H44N2/c1-38-16-9-10-24-47(38)52-37-55-53(48-25-11-12-27-54(48)58(55,45-20-5-3-6-21-45)46-22-7-4-8-23-46)36-50(52)39(2)42-17-13-18-43(34-42)40-28-30-41(31-29-40)51-35-44-19-14-32-59-56(44)57-49(51)26-15-33-60-57/h3,5,7,9-20,22-37H,1,4,6,8,21H2,2H3/b50-39+,52-47-. The summed E-state index contributed by atoms with van der Waals surface area (Å²) in [5.41, 5.74) is 16.9. The van der Waals surface area contributed by atoms with Crippen LogP contribution in [0.1, 0.15) is 49.3 Å². The molecule has 3 aliphatic rings. The number of hydrogen-bond acceptors (Lipinski definition) is 2. The first-order valence-electron chi connectivity index (χ1n) is 21.2. The van der Waals surface area contributed by atoms with E-state index in [1.165, 1.54) is 71.3 Å².